The number of halogens is 2. The number of carbonyl (C=O) groups is 3. The Labute approximate surface area is 286 Å². The van der Waals surface area contributed by atoms with E-state index in [0.29, 0.717) is 50.4 Å². The lowest BCUT2D eigenvalue weighted by atomic mass is 9.87. The summed E-state index contributed by atoms with van der Waals surface area (Å²) < 4.78 is 30.6. The molecule has 9 nitrogen and oxygen atoms in total. The minimum absolute atomic E-state index is 0.138. The standard InChI is InChI=1S/C38H44F2N6O3/c1-24(2)29-20-41-37(42-21-29)38(39,40)30-13-17-45(18-14-30)31-6-3-25(4-7-31)22-44-15-11-26(12-16-44)27-5-8-32-28(19-27)23-46(36(32)49)33-9-10-34(47)43-35(33)48/h3-8,19-21,24,26,30,33H,9-18,22-23H2,1-2H3,(H,43,47,48). The summed E-state index contributed by atoms with van der Waals surface area (Å²) in [5.41, 5.74) is 6.00. The molecule has 49 heavy (non-hydrogen) atoms. The van der Waals surface area contributed by atoms with E-state index in [1.165, 1.54) is 23.5 Å². The summed E-state index contributed by atoms with van der Waals surface area (Å²) >= 11 is 0. The molecule has 0 spiro atoms. The van der Waals surface area contributed by atoms with E-state index in [-0.39, 0.29) is 35.9 Å². The van der Waals surface area contributed by atoms with E-state index < -0.39 is 17.9 Å². The number of fused-ring (bicyclic) bond motifs is 1. The number of hydrogen-bond acceptors (Lipinski definition) is 7. The van der Waals surface area contributed by atoms with E-state index in [2.05, 4.69) is 61.5 Å². The maximum Gasteiger partial charge on any atom is 0.309 e. The van der Waals surface area contributed by atoms with Gasteiger partial charge in [0.15, 0.2) is 5.82 Å². The van der Waals surface area contributed by atoms with Crippen LogP contribution in [0.5, 0.6) is 0 Å². The van der Waals surface area contributed by atoms with Gasteiger partial charge in [-0.15, -0.1) is 0 Å². The van der Waals surface area contributed by atoms with Crippen LogP contribution >= 0.6 is 0 Å². The molecular weight excluding hydrogens is 626 g/mol. The van der Waals surface area contributed by atoms with Crippen molar-refractivity contribution in [1.29, 1.82) is 0 Å². The Morgan fingerprint density at radius 1 is 0.898 bits per heavy atom. The Kier molecular flexibility index (Phi) is 9.21. The first kappa shape index (κ1) is 33.3. The highest BCUT2D eigenvalue weighted by atomic mass is 19.3. The van der Waals surface area contributed by atoms with Crippen molar-refractivity contribution in [3.63, 3.8) is 0 Å². The normalized spacial score (nSPS) is 21.4. The SMILES string of the molecule is CC(C)c1cnc(C(F)(F)C2CCN(c3ccc(CN4CCC(c5ccc6c(c5)CN(C5CCC(=O)NC5=O)C6=O)CC4)cc3)CC2)nc1. The van der Waals surface area contributed by atoms with Crippen LogP contribution in [0.15, 0.2) is 54.9 Å². The van der Waals surface area contributed by atoms with Gasteiger partial charge < -0.3 is 9.80 Å². The summed E-state index contributed by atoms with van der Waals surface area (Å²) in [5, 5.41) is 2.36. The number of aromatic nitrogens is 2. The molecule has 4 aliphatic rings. The number of piperidine rings is 3. The van der Waals surface area contributed by atoms with Crippen LogP contribution in [0.4, 0.5) is 14.5 Å². The molecule has 1 atom stereocenters. The number of likely N-dealkylation sites (tertiary alicyclic amines) is 1. The molecule has 3 saturated heterocycles. The lowest BCUT2D eigenvalue weighted by Gasteiger charge is -2.36. The Hall–Kier alpha value is -4.25. The van der Waals surface area contributed by atoms with Gasteiger partial charge in [0.05, 0.1) is 0 Å². The van der Waals surface area contributed by atoms with Crippen LogP contribution in [0.2, 0.25) is 0 Å². The third-order valence-corrected chi connectivity index (χ3v) is 11.0. The molecule has 0 saturated carbocycles. The molecule has 0 aliphatic carbocycles. The van der Waals surface area contributed by atoms with Gasteiger partial charge in [-0.2, -0.15) is 8.78 Å². The van der Waals surface area contributed by atoms with Crippen molar-refractivity contribution < 1.29 is 23.2 Å². The molecule has 0 radical (unpaired) electrons. The first-order valence-corrected chi connectivity index (χ1v) is 17.6. The number of anilines is 1. The van der Waals surface area contributed by atoms with E-state index in [1.54, 1.807) is 4.90 Å². The molecule has 0 bridgehead atoms. The summed E-state index contributed by atoms with van der Waals surface area (Å²) in [6.45, 7) is 8.32. The number of nitrogens with one attached hydrogen (secondary N) is 1. The van der Waals surface area contributed by atoms with Crippen LogP contribution in [0.1, 0.15) is 103 Å². The third kappa shape index (κ3) is 6.82. The summed E-state index contributed by atoms with van der Waals surface area (Å²) in [6, 6.07) is 14.0. The Balaban J connectivity index is 0.886. The predicted molar refractivity (Wildman–Crippen MR) is 181 cm³/mol. The number of hydrogen-bond donors (Lipinski definition) is 1. The van der Waals surface area contributed by atoms with Crippen molar-refractivity contribution in [3.05, 3.63) is 88.5 Å². The summed E-state index contributed by atoms with van der Waals surface area (Å²) in [6.07, 6.45) is 6.48. The number of rotatable bonds is 8. The second-order valence-electron chi connectivity index (χ2n) is 14.4. The molecule has 1 aromatic heterocycles. The largest absolute Gasteiger partial charge is 0.372 e. The van der Waals surface area contributed by atoms with Gasteiger partial charge >= 0.3 is 5.92 Å². The number of alkyl halides is 2. The third-order valence-electron chi connectivity index (χ3n) is 11.0. The topological polar surface area (TPSA) is 98.7 Å². The number of nitrogens with zero attached hydrogens (tertiary/aromatic N) is 5. The van der Waals surface area contributed by atoms with Gasteiger partial charge in [0, 0.05) is 62.2 Å². The number of imide groups is 1. The van der Waals surface area contributed by atoms with Gasteiger partial charge in [0.2, 0.25) is 11.8 Å². The first-order chi connectivity index (χ1) is 23.6. The van der Waals surface area contributed by atoms with Crippen molar-refractivity contribution in [3.8, 4) is 0 Å². The Morgan fingerprint density at radius 2 is 1.59 bits per heavy atom. The average molecular weight is 671 g/mol. The number of carbonyl (C=O) groups excluding carboxylic acids is 3. The van der Waals surface area contributed by atoms with Crippen molar-refractivity contribution >= 4 is 23.4 Å². The lowest BCUT2D eigenvalue weighted by Crippen LogP contribution is -2.52. The van der Waals surface area contributed by atoms with Gasteiger partial charge in [0.25, 0.3) is 5.91 Å². The van der Waals surface area contributed by atoms with Gasteiger partial charge in [-0.1, -0.05) is 38.1 Å². The molecule has 1 N–H and O–H groups in total. The van der Waals surface area contributed by atoms with Crippen molar-refractivity contribution in [1.82, 2.24) is 25.1 Å². The molecule has 3 amide bonds. The summed E-state index contributed by atoms with van der Waals surface area (Å²) in [4.78, 5) is 51.4. The van der Waals surface area contributed by atoms with Crippen molar-refractivity contribution in [2.24, 2.45) is 5.92 Å². The van der Waals surface area contributed by atoms with Crippen LogP contribution in [-0.2, 0) is 28.6 Å². The van der Waals surface area contributed by atoms with E-state index in [4.69, 9.17) is 0 Å². The van der Waals surface area contributed by atoms with Crippen molar-refractivity contribution in [2.75, 3.05) is 31.1 Å². The summed E-state index contributed by atoms with van der Waals surface area (Å²) in [5.74, 6) is -4.39. The number of benzene rings is 2. The summed E-state index contributed by atoms with van der Waals surface area (Å²) in [7, 11) is 0. The highest BCUT2D eigenvalue weighted by molar-refractivity contribution is 6.05. The maximum atomic E-state index is 15.3. The molecule has 1 unspecified atom stereocenters. The van der Waals surface area contributed by atoms with Crippen LogP contribution in [0.3, 0.4) is 0 Å². The molecule has 3 aromatic rings. The van der Waals surface area contributed by atoms with E-state index in [1.807, 2.05) is 19.9 Å². The zero-order valence-corrected chi connectivity index (χ0v) is 28.2. The van der Waals surface area contributed by atoms with Crippen LogP contribution in [0.25, 0.3) is 0 Å². The molecule has 11 heteroatoms. The fourth-order valence-electron chi connectivity index (χ4n) is 7.83. The second-order valence-corrected chi connectivity index (χ2v) is 14.4. The quantitative estimate of drug-likeness (QED) is 0.305. The molecule has 258 valence electrons. The fraction of sp³-hybridized carbons (Fsp3) is 0.500. The molecule has 4 aliphatic heterocycles. The molecule has 3 fully saturated rings. The van der Waals surface area contributed by atoms with Crippen LogP contribution in [-0.4, -0.2) is 69.7 Å². The zero-order valence-electron chi connectivity index (χ0n) is 28.2. The number of amides is 3. The van der Waals surface area contributed by atoms with E-state index in [9.17, 15) is 14.4 Å². The second kappa shape index (κ2) is 13.6. The molecule has 2 aromatic carbocycles. The lowest BCUT2D eigenvalue weighted by molar-refractivity contribution is -0.136. The predicted octanol–water partition coefficient (Wildman–Crippen LogP) is 5.75. The van der Waals surface area contributed by atoms with E-state index in [0.717, 1.165) is 49.3 Å². The van der Waals surface area contributed by atoms with E-state index >= 15 is 8.78 Å². The minimum Gasteiger partial charge on any atom is -0.372 e. The molecular formula is C38H44F2N6O3. The molecule has 5 heterocycles. The van der Waals surface area contributed by atoms with Gasteiger partial charge in [-0.3, -0.25) is 24.6 Å². The molecule has 7 rings (SSSR count). The van der Waals surface area contributed by atoms with Gasteiger partial charge in [-0.05, 0) is 97.5 Å². The smallest absolute Gasteiger partial charge is 0.309 e. The minimum atomic E-state index is -3.04. The highest BCUT2D eigenvalue weighted by Crippen LogP contribution is 2.41. The Bertz CT molecular complexity index is 1700. The monoisotopic (exact) mass is 670 g/mol. The van der Waals surface area contributed by atoms with Gasteiger partial charge in [-0.25, -0.2) is 9.97 Å². The van der Waals surface area contributed by atoms with Gasteiger partial charge in [0.1, 0.15) is 6.04 Å². The van der Waals surface area contributed by atoms with Crippen LogP contribution in [0, 0.1) is 5.92 Å². The van der Waals surface area contributed by atoms with Crippen LogP contribution < -0.4 is 10.2 Å². The first-order valence-electron chi connectivity index (χ1n) is 17.6. The maximum absolute atomic E-state index is 15.3. The highest BCUT2D eigenvalue weighted by Gasteiger charge is 2.45. The zero-order chi connectivity index (χ0) is 34.3. The fourth-order valence-corrected chi connectivity index (χ4v) is 7.83. The Morgan fingerprint density at radius 3 is 2.24 bits per heavy atom. The van der Waals surface area contributed by atoms with Crippen molar-refractivity contribution in [2.45, 2.75) is 89.3 Å². The average Bonchev–Trinajstić information content (AvgIpc) is 3.44.